The Morgan fingerprint density at radius 3 is 2.64 bits per heavy atom. The van der Waals surface area contributed by atoms with E-state index in [1.807, 2.05) is 49.4 Å². The van der Waals surface area contributed by atoms with E-state index < -0.39 is 0 Å². The van der Waals surface area contributed by atoms with Gasteiger partial charge in [0.1, 0.15) is 0 Å². The number of carbonyl (C=O) groups excluding carboxylic acids is 1. The summed E-state index contributed by atoms with van der Waals surface area (Å²) < 4.78 is 5.55. The van der Waals surface area contributed by atoms with Crippen LogP contribution < -0.4 is 5.32 Å². The highest BCUT2D eigenvalue weighted by Gasteiger charge is 2.15. The van der Waals surface area contributed by atoms with Crippen molar-refractivity contribution in [1.29, 1.82) is 0 Å². The minimum absolute atomic E-state index is 0.114. The van der Waals surface area contributed by atoms with Gasteiger partial charge in [-0.15, -0.1) is 16.9 Å². The van der Waals surface area contributed by atoms with Crippen molar-refractivity contribution in [3.63, 3.8) is 0 Å². The van der Waals surface area contributed by atoms with E-state index in [0.29, 0.717) is 17.9 Å². The molecule has 1 N–H and O–H groups in total. The highest BCUT2D eigenvalue weighted by Crippen LogP contribution is 2.23. The first-order valence-corrected chi connectivity index (χ1v) is 9.05. The second-order valence-corrected chi connectivity index (χ2v) is 6.85. The van der Waals surface area contributed by atoms with Gasteiger partial charge in [-0.2, -0.15) is 0 Å². The molecule has 0 spiro atoms. The highest BCUT2D eigenvalue weighted by atomic mass is 32.2. The van der Waals surface area contributed by atoms with Crippen LogP contribution in [0.5, 0.6) is 0 Å². The number of aryl methyl sites for hydroxylation is 1. The third-order valence-electron chi connectivity index (χ3n) is 3.59. The summed E-state index contributed by atoms with van der Waals surface area (Å²) in [6.45, 7) is 4.09. The Morgan fingerprint density at radius 1 is 1.12 bits per heavy atom. The largest absolute Gasteiger partial charge is 0.407 e. The summed E-state index contributed by atoms with van der Waals surface area (Å²) in [7, 11) is 0. The SMILES string of the molecule is CCSc1ccccc1C(=O)Nc1nnc(Cc2ccc(C)cc2)o1. The number of hydrogen-bond donors (Lipinski definition) is 1. The van der Waals surface area contributed by atoms with Crippen LogP contribution in [0.15, 0.2) is 57.8 Å². The van der Waals surface area contributed by atoms with Crippen molar-refractivity contribution in [3.8, 4) is 0 Å². The summed E-state index contributed by atoms with van der Waals surface area (Å²) in [6.07, 6.45) is 0.533. The molecule has 6 heteroatoms. The van der Waals surface area contributed by atoms with Crippen molar-refractivity contribution < 1.29 is 9.21 Å². The average molecular weight is 353 g/mol. The Balaban J connectivity index is 1.69. The smallest absolute Gasteiger partial charge is 0.322 e. The molecule has 0 atom stereocenters. The van der Waals surface area contributed by atoms with Gasteiger partial charge in [0.25, 0.3) is 5.91 Å². The minimum atomic E-state index is -0.248. The molecule has 0 bridgehead atoms. The highest BCUT2D eigenvalue weighted by molar-refractivity contribution is 7.99. The molecule has 0 saturated heterocycles. The summed E-state index contributed by atoms with van der Waals surface area (Å²) in [5.74, 6) is 1.11. The molecule has 0 unspecified atom stereocenters. The fraction of sp³-hybridized carbons (Fsp3) is 0.211. The van der Waals surface area contributed by atoms with E-state index in [9.17, 15) is 4.79 Å². The maximum Gasteiger partial charge on any atom is 0.322 e. The standard InChI is InChI=1S/C19H19N3O2S/c1-3-25-16-7-5-4-6-15(16)18(23)20-19-22-21-17(24-19)12-14-10-8-13(2)9-11-14/h4-11H,3,12H2,1-2H3,(H,20,22,23). The van der Waals surface area contributed by atoms with Crippen molar-refractivity contribution in [1.82, 2.24) is 10.2 Å². The molecule has 1 amide bonds. The van der Waals surface area contributed by atoms with Gasteiger partial charge in [-0.3, -0.25) is 10.1 Å². The van der Waals surface area contributed by atoms with Crippen LogP contribution in [0.25, 0.3) is 0 Å². The maximum atomic E-state index is 12.5. The maximum absolute atomic E-state index is 12.5. The lowest BCUT2D eigenvalue weighted by Gasteiger charge is -2.06. The lowest BCUT2D eigenvalue weighted by molar-refractivity contribution is 0.102. The Morgan fingerprint density at radius 2 is 1.88 bits per heavy atom. The first-order chi connectivity index (χ1) is 12.2. The zero-order valence-corrected chi connectivity index (χ0v) is 15.0. The first kappa shape index (κ1) is 17.2. The van der Waals surface area contributed by atoms with Gasteiger partial charge in [-0.1, -0.05) is 54.0 Å². The van der Waals surface area contributed by atoms with Gasteiger partial charge in [0, 0.05) is 4.90 Å². The molecule has 0 aliphatic rings. The molecule has 0 aliphatic heterocycles. The summed E-state index contributed by atoms with van der Waals surface area (Å²) in [5, 5.41) is 10.6. The zero-order valence-electron chi connectivity index (χ0n) is 14.2. The summed E-state index contributed by atoms with van der Waals surface area (Å²) in [4.78, 5) is 13.4. The van der Waals surface area contributed by atoms with E-state index in [1.165, 1.54) is 5.56 Å². The third kappa shape index (κ3) is 4.48. The second-order valence-electron chi connectivity index (χ2n) is 5.55. The van der Waals surface area contributed by atoms with Gasteiger partial charge >= 0.3 is 6.01 Å². The molecule has 1 heterocycles. The molecule has 2 aromatic carbocycles. The van der Waals surface area contributed by atoms with Crippen LogP contribution in [0, 0.1) is 6.92 Å². The van der Waals surface area contributed by atoms with E-state index in [4.69, 9.17) is 4.42 Å². The Bertz CT molecular complexity index is 859. The minimum Gasteiger partial charge on any atom is -0.407 e. The molecule has 0 radical (unpaired) electrons. The number of nitrogens with zero attached hydrogens (tertiary/aromatic N) is 2. The predicted molar refractivity (Wildman–Crippen MR) is 99.1 cm³/mol. The van der Waals surface area contributed by atoms with E-state index in [2.05, 4.69) is 22.4 Å². The molecular weight excluding hydrogens is 334 g/mol. The number of nitrogens with one attached hydrogen (secondary N) is 1. The van der Waals surface area contributed by atoms with Crippen LogP contribution in [-0.2, 0) is 6.42 Å². The van der Waals surface area contributed by atoms with Crippen LogP contribution in [0.4, 0.5) is 6.01 Å². The van der Waals surface area contributed by atoms with Gasteiger partial charge in [0.2, 0.25) is 5.89 Å². The fourth-order valence-electron chi connectivity index (χ4n) is 2.36. The number of anilines is 1. The third-order valence-corrected chi connectivity index (χ3v) is 4.55. The first-order valence-electron chi connectivity index (χ1n) is 8.07. The normalized spacial score (nSPS) is 10.6. The zero-order chi connectivity index (χ0) is 17.6. The Kier molecular flexibility index (Phi) is 5.50. The molecule has 3 rings (SSSR count). The second kappa shape index (κ2) is 7.98. The number of thioether (sulfide) groups is 1. The van der Waals surface area contributed by atoms with E-state index in [1.54, 1.807) is 17.8 Å². The Hall–Kier alpha value is -2.60. The van der Waals surface area contributed by atoms with Gasteiger partial charge in [-0.25, -0.2) is 0 Å². The molecule has 1 aromatic heterocycles. The number of carbonyl (C=O) groups is 1. The lowest BCUT2D eigenvalue weighted by atomic mass is 10.1. The van der Waals surface area contributed by atoms with E-state index in [0.717, 1.165) is 16.2 Å². The molecule has 0 aliphatic carbocycles. The monoisotopic (exact) mass is 353 g/mol. The Labute approximate surface area is 150 Å². The number of amides is 1. The molecule has 25 heavy (non-hydrogen) atoms. The summed E-state index contributed by atoms with van der Waals surface area (Å²) in [6, 6.07) is 15.7. The van der Waals surface area contributed by atoms with Crippen molar-refractivity contribution in [2.45, 2.75) is 25.2 Å². The van der Waals surface area contributed by atoms with Crippen molar-refractivity contribution in [2.75, 3.05) is 11.1 Å². The molecule has 3 aromatic rings. The molecule has 5 nitrogen and oxygen atoms in total. The van der Waals surface area contributed by atoms with Crippen LogP contribution in [0.3, 0.4) is 0 Å². The molecule has 0 saturated carbocycles. The number of benzene rings is 2. The molecule has 128 valence electrons. The van der Waals surface area contributed by atoms with Crippen LogP contribution in [0.1, 0.15) is 34.3 Å². The van der Waals surface area contributed by atoms with Crippen LogP contribution in [-0.4, -0.2) is 21.9 Å². The van der Waals surface area contributed by atoms with Crippen molar-refractivity contribution in [2.24, 2.45) is 0 Å². The number of aromatic nitrogens is 2. The van der Waals surface area contributed by atoms with Gasteiger partial charge in [0.05, 0.1) is 12.0 Å². The topological polar surface area (TPSA) is 68.0 Å². The van der Waals surface area contributed by atoms with Crippen LogP contribution in [0.2, 0.25) is 0 Å². The predicted octanol–water partition coefficient (Wildman–Crippen LogP) is 4.33. The number of hydrogen-bond acceptors (Lipinski definition) is 5. The fourth-order valence-corrected chi connectivity index (χ4v) is 3.16. The van der Waals surface area contributed by atoms with Gasteiger partial charge in [-0.05, 0) is 30.4 Å². The average Bonchev–Trinajstić information content (AvgIpc) is 3.04. The van der Waals surface area contributed by atoms with Crippen molar-refractivity contribution >= 4 is 23.7 Å². The van der Waals surface area contributed by atoms with Gasteiger partial charge in [0.15, 0.2) is 0 Å². The lowest BCUT2D eigenvalue weighted by Crippen LogP contribution is -2.13. The van der Waals surface area contributed by atoms with E-state index >= 15 is 0 Å². The van der Waals surface area contributed by atoms with Crippen molar-refractivity contribution in [3.05, 3.63) is 71.1 Å². The quantitative estimate of drug-likeness (QED) is 0.668. The van der Waals surface area contributed by atoms with Gasteiger partial charge < -0.3 is 4.42 Å². The number of rotatable bonds is 6. The summed E-state index contributed by atoms with van der Waals surface area (Å²) in [5.41, 5.74) is 2.88. The summed E-state index contributed by atoms with van der Waals surface area (Å²) >= 11 is 1.62. The van der Waals surface area contributed by atoms with E-state index in [-0.39, 0.29) is 11.9 Å². The molecule has 0 fully saturated rings. The van der Waals surface area contributed by atoms with Crippen LogP contribution >= 0.6 is 11.8 Å². The molecular formula is C19H19N3O2S.